The SMILES string of the molecule is O=[N+]([O-])c1cc(Cl)ccc1OCc1cnc(-c2ccccc2)s1. The van der Waals surface area contributed by atoms with Crippen LogP contribution < -0.4 is 4.74 Å². The van der Waals surface area contributed by atoms with Gasteiger partial charge >= 0.3 is 5.69 Å². The first-order chi connectivity index (χ1) is 11.1. The van der Waals surface area contributed by atoms with Crippen LogP contribution in [0.3, 0.4) is 0 Å². The summed E-state index contributed by atoms with van der Waals surface area (Å²) in [4.78, 5) is 15.8. The van der Waals surface area contributed by atoms with Gasteiger partial charge in [0.2, 0.25) is 0 Å². The maximum Gasteiger partial charge on any atom is 0.312 e. The highest BCUT2D eigenvalue weighted by atomic mass is 35.5. The summed E-state index contributed by atoms with van der Waals surface area (Å²) < 4.78 is 5.56. The molecule has 7 heteroatoms. The van der Waals surface area contributed by atoms with E-state index in [0.717, 1.165) is 15.4 Å². The van der Waals surface area contributed by atoms with Crippen LogP contribution in [0.15, 0.2) is 54.7 Å². The smallest absolute Gasteiger partial charge is 0.312 e. The van der Waals surface area contributed by atoms with Crippen LogP contribution >= 0.6 is 22.9 Å². The summed E-state index contributed by atoms with van der Waals surface area (Å²) in [6, 6.07) is 14.1. The zero-order valence-corrected chi connectivity index (χ0v) is 13.4. The van der Waals surface area contributed by atoms with Gasteiger partial charge in [-0.1, -0.05) is 41.9 Å². The molecule has 3 rings (SSSR count). The van der Waals surface area contributed by atoms with Crippen LogP contribution in [0, 0.1) is 10.1 Å². The molecule has 0 aliphatic carbocycles. The summed E-state index contributed by atoms with van der Waals surface area (Å²) in [6.07, 6.45) is 1.72. The maximum atomic E-state index is 11.0. The van der Waals surface area contributed by atoms with Crippen LogP contribution in [0.5, 0.6) is 5.75 Å². The lowest BCUT2D eigenvalue weighted by Crippen LogP contribution is -1.97. The van der Waals surface area contributed by atoms with Crippen LogP contribution in [-0.2, 0) is 6.61 Å². The second kappa shape index (κ2) is 6.76. The molecular weight excluding hydrogens is 336 g/mol. The van der Waals surface area contributed by atoms with E-state index in [2.05, 4.69) is 4.98 Å². The van der Waals surface area contributed by atoms with Gasteiger partial charge in [-0.3, -0.25) is 10.1 Å². The molecule has 0 saturated carbocycles. The Morgan fingerprint density at radius 3 is 2.74 bits per heavy atom. The van der Waals surface area contributed by atoms with Crippen molar-refractivity contribution in [1.29, 1.82) is 0 Å². The normalized spacial score (nSPS) is 10.5. The highest BCUT2D eigenvalue weighted by Gasteiger charge is 2.16. The van der Waals surface area contributed by atoms with Crippen molar-refractivity contribution in [1.82, 2.24) is 4.98 Å². The molecule has 1 aromatic heterocycles. The number of aromatic nitrogens is 1. The van der Waals surface area contributed by atoms with Gasteiger partial charge in [-0.2, -0.15) is 0 Å². The van der Waals surface area contributed by atoms with E-state index in [1.807, 2.05) is 30.3 Å². The van der Waals surface area contributed by atoms with Crippen LogP contribution in [0.25, 0.3) is 10.6 Å². The molecule has 0 spiro atoms. The molecule has 0 saturated heterocycles. The van der Waals surface area contributed by atoms with Gasteiger partial charge in [0.15, 0.2) is 5.75 Å². The van der Waals surface area contributed by atoms with Crippen LogP contribution in [0.1, 0.15) is 4.88 Å². The highest BCUT2D eigenvalue weighted by molar-refractivity contribution is 7.15. The number of benzene rings is 2. The molecule has 0 aliphatic heterocycles. The van der Waals surface area contributed by atoms with Gasteiger partial charge in [-0.15, -0.1) is 11.3 Å². The zero-order chi connectivity index (χ0) is 16.2. The number of nitro groups is 1. The molecule has 0 atom stereocenters. The fourth-order valence-corrected chi connectivity index (χ4v) is 2.99. The van der Waals surface area contributed by atoms with Gasteiger partial charge in [0, 0.05) is 22.8 Å². The molecule has 0 unspecified atom stereocenters. The maximum absolute atomic E-state index is 11.0. The van der Waals surface area contributed by atoms with Gasteiger partial charge < -0.3 is 4.74 Å². The third kappa shape index (κ3) is 3.67. The zero-order valence-electron chi connectivity index (χ0n) is 11.8. The van der Waals surface area contributed by atoms with E-state index in [-0.39, 0.29) is 18.0 Å². The predicted octanol–water partition coefficient (Wildman–Crippen LogP) is 4.95. The number of hydrogen-bond acceptors (Lipinski definition) is 5. The Morgan fingerprint density at radius 2 is 2.00 bits per heavy atom. The molecule has 0 aliphatic rings. The number of ether oxygens (including phenoxy) is 1. The Hall–Kier alpha value is -2.44. The minimum Gasteiger partial charge on any atom is -0.481 e. The fourth-order valence-electron chi connectivity index (χ4n) is 1.99. The van der Waals surface area contributed by atoms with Crippen LogP contribution in [0.2, 0.25) is 5.02 Å². The lowest BCUT2D eigenvalue weighted by molar-refractivity contribution is -0.385. The molecule has 0 fully saturated rings. The second-order valence-corrected chi connectivity index (χ2v) is 6.21. The van der Waals surface area contributed by atoms with E-state index < -0.39 is 4.92 Å². The Kier molecular flexibility index (Phi) is 4.55. The first-order valence-electron chi connectivity index (χ1n) is 6.70. The van der Waals surface area contributed by atoms with Crippen molar-refractivity contribution in [3.63, 3.8) is 0 Å². The number of thiazole rings is 1. The topological polar surface area (TPSA) is 65.3 Å². The molecule has 23 heavy (non-hydrogen) atoms. The average molecular weight is 347 g/mol. The van der Waals surface area contributed by atoms with E-state index in [9.17, 15) is 10.1 Å². The molecule has 0 amide bonds. The first kappa shape index (κ1) is 15.5. The highest BCUT2D eigenvalue weighted by Crippen LogP contribution is 2.31. The lowest BCUT2D eigenvalue weighted by atomic mass is 10.2. The van der Waals surface area contributed by atoms with E-state index in [1.165, 1.54) is 23.5 Å². The summed E-state index contributed by atoms with van der Waals surface area (Å²) in [6.45, 7) is 0.215. The summed E-state index contributed by atoms with van der Waals surface area (Å²) in [5.74, 6) is 0.189. The number of hydrogen-bond donors (Lipinski definition) is 0. The molecule has 3 aromatic rings. The van der Waals surface area contributed by atoms with Crippen LogP contribution in [0.4, 0.5) is 5.69 Å². The van der Waals surface area contributed by atoms with Crippen molar-refractivity contribution < 1.29 is 9.66 Å². The number of nitro benzene ring substituents is 1. The van der Waals surface area contributed by atoms with Crippen molar-refractivity contribution >= 4 is 28.6 Å². The van der Waals surface area contributed by atoms with Crippen molar-refractivity contribution in [2.45, 2.75) is 6.61 Å². The summed E-state index contributed by atoms with van der Waals surface area (Å²) in [5, 5.41) is 12.2. The van der Waals surface area contributed by atoms with Gasteiger partial charge in [-0.05, 0) is 12.1 Å². The van der Waals surface area contributed by atoms with Gasteiger partial charge in [0.05, 0.1) is 9.80 Å². The van der Waals surface area contributed by atoms with E-state index in [1.54, 1.807) is 12.3 Å². The van der Waals surface area contributed by atoms with Crippen molar-refractivity contribution in [3.8, 4) is 16.3 Å². The van der Waals surface area contributed by atoms with E-state index >= 15 is 0 Å². The fraction of sp³-hybridized carbons (Fsp3) is 0.0625. The first-order valence-corrected chi connectivity index (χ1v) is 7.90. The molecule has 0 N–H and O–H groups in total. The Labute approximate surface area is 141 Å². The van der Waals surface area contributed by atoms with Gasteiger partial charge in [0.25, 0.3) is 0 Å². The summed E-state index contributed by atoms with van der Waals surface area (Å²) in [5.41, 5.74) is 0.881. The molecule has 5 nitrogen and oxygen atoms in total. The average Bonchev–Trinajstić information content (AvgIpc) is 3.03. The molecular formula is C16H11ClN2O3S. The Bertz CT molecular complexity index is 836. The monoisotopic (exact) mass is 346 g/mol. The predicted molar refractivity (Wildman–Crippen MR) is 90.0 cm³/mol. The standard InChI is InChI=1S/C16H11ClN2O3S/c17-12-6-7-15(14(8-12)19(20)21)22-10-13-9-18-16(23-13)11-4-2-1-3-5-11/h1-9H,10H2. The molecule has 1 heterocycles. The third-order valence-corrected chi connectivity index (χ3v) is 4.32. The van der Waals surface area contributed by atoms with E-state index in [4.69, 9.17) is 16.3 Å². The van der Waals surface area contributed by atoms with Crippen molar-refractivity contribution in [2.75, 3.05) is 0 Å². The number of nitrogens with zero attached hydrogens (tertiary/aromatic N) is 2. The summed E-state index contributed by atoms with van der Waals surface area (Å²) in [7, 11) is 0. The number of halogens is 1. The molecule has 2 aromatic carbocycles. The minimum atomic E-state index is -0.511. The quantitative estimate of drug-likeness (QED) is 0.484. The second-order valence-electron chi connectivity index (χ2n) is 4.66. The Morgan fingerprint density at radius 1 is 1.22 bits per heavy atom. The third-order valence-electron chi connectivity index (χ3n) is 3.06. The van der Waals surface area contributed by atoms with E-state index in [0.29, 0.717) is 5.02 Å². The largest absolute Gasteiger partial charge is 0.481 e. The molecule has 0 radical (unpaired) electrons. The number of rotatable bonds is 5. The van der Waals surface area contributed by atoms with Gasteiger partial charge in [-0.25, -0.2) is 4.98 Å². The Balaban J connectivity index is 1.75. The van der Waals surface area contributed by atoms with Crippen molar-refractivity contribution in [2.24, 2.45) is 0 Å². The van der Waals surface area contributed by atoms with Crippen LogP contribution in [-0.4, -0.2) is 9.91 Å². The summed E-state index contributed by atoms with van der Waals surface area (Å²) >= 11 is 7.27. The van der Waals surface area contributed by atoms with Crippen molar-refractivity contribution in [3.05, 3.63) is 74.7 Å². The minimum absolute atomic E-state index is 0.148. The molecule has 116 valence electrons. The molecule has 0 bridgehead atoms. The lowest BCUT2D eigenvalue weighted by Gasteiger charge is -2.05. The van der Waals surface area contributed by atoms with Gasteiger partial charge in [0.1, 0.15) is 11.6 Å².